The molecule has 1 amide bonds. The van der Waals surface area contributed by atoms with Crippen molar-refractivity contribution in [3.05, 3.63) is 87.9 Å². The van der Waals surface area contributed by atoms with E-state index in [-0.39, 0.29) is 11.9 Å². The summed E-state index contributed by atoms with van der Waals surface area (Å²) in [7, 11) is 1.67. The van der Waals surface area contributed by atoms with Crippen LogP contribution in [0.5, 0.6) is 11.5 Å². The lowest BCUT2D eigenvalue weighted by atomic mass is 9.86. The number of fused-ring (bicyclic) bond motifs is 1. The number of aryl methyl sites for hydroxylation is 1. The maximum Gasteiger partial charge on any atom is 0.232 e. The fourth-order valence-corrected chi connectivity index (χ4v) is 5.88. The first-order valence-corrected chi connectivity index (χ1v) is 14.3. The van der Waals surface area contributed by atoms with Crippen LogP contribution in [0.2, 0.25) is 5.02 Å². The van der Waals surface area contributed by atoms with Crippen LogP contribution in [-0.4, -0.2) is 19.6 Å². The van der Waals surface area contributed by atoms with Crippen LogP contribution in [-0.2, 0) is 17.6 Å². The van der Waals surface area contributed by atoms with Crippen LogP contribution in [0.15, 0.2) is 60.7 Å². The minimum absolute atomic E-state index is 0.0639. The third-order valence-corrected chi connectivity index (χ3v) is 8.20. The fraction of sp³-hybridized carbons (Fsp3) is 0.424. The monoisotopic (exact) mass is 531 g/mol. The van der Waals surface area contributed by atoms with Gasteiger partial charge in [0.2, 0.25) is 5.91 Å². The number of nitrogens with zero attached hydrogens (tertiary/aromatic N) is 1. The van der Waals surface area contributed by atoms with E-state index >= 15 is 0 Å². The fourth-order valence-electron chi connectivity index (χ4n) is 5.76. The van der Waals surface area contributed by atoms with Crippen molar-refractivity contribution >= 4 is 23.2 Å². The maximum absolute atomic E-state index is 13.7. The molecule has 3 aromatic carbocycles. The smallest absolute Gasteiger partial charge is 0.232 e. The van der Waals surface area contributed by atoms with Crippen LogP contribution < -0.4 is 14.4 Å². The molecule has 0 aromatic heterocycles. The molecule has 0 saturated heterocycles. The van der Waals surface area contributed by atoms with Gasteiger partial charge in [0.25, 0.3) is 0 Å². The molecule has 1 aliphatic carbocycles. The van der Waals surface area contributed by atoms with E-state index in [4.69, 9.17) is 21.1 Å². The number of carbonyl (C=O) groups excluding carboxylic acids is 1. The van der Waals surface area contributed by atoms with Crippen molar-refractivity contribution in [2.75, 3.05) is 18.6 Å². The van der Waals surface area contributed by atoms with Gasteiger partial charge in [-0.3, -0.25) is 4.79 Å². The van der Waals surface area contributed by atoms with Crippen molar-refractivity contribution in [2.45, 2.75) is 64.8 Å². The van der Waals surface area contributed by atoms with Gasteiger partial charge >= 0.3 is 0 Å². The van der Waals surface area contributed by atoms with Crippen LogP contribution in [0.1, 0.15) is 74.2 Å². The highest BCUT2D eigenvalue weighted by atomic mass is 35.5. The first-order chi connectivity index (χ1) is 18.4. The first kappa shape index (κ1) is 26.6. The molecule has 0 N–H and O–H groups in total. The lowest BCUT2D eigenvalue weighted by Gasteiger charge is -2.38. The summed E-state index contributed by atoms with van der Waals surface area (Å²) in [6.07, 6.45) is 7.49. The van der Waals surface area contributed by atoms with Crippen LogP contribution >= 0.6 is 11.6 Å². The molecule has 1 heterocycles. The van der Waals surface area contributed by atoms with Crippen LogP contribution in [0.4, 0.5) is 5.69 Å². The molecule has 4 nitrogen and oxygen atoms in total. The number of amides is 1. The van der Waals surface area contributed by atoms with Gasteiger partial charge < -0.3 is 14.4 Å². The van der Waals surface area contributed by atoms with E-state index in [1.54, 1.807) is 7.11 Å². The zero-order valence-electron chi connectivity index (χ0n) is 22.7. The predicted octanol–water partition coefficient (Wildman–Crippen LogP) is 8.18. The highest BCUT2D eigenvalue weighted by Crippen LogP contribution is 2.44. The molecule has 5 rings (SSSR count). The van der Waals surface area contributed by atoms with Gasteiger partial charge in [0.1, 0.15) is 0 Å². The summed E-state index contributed by atoms with van der Waals surface area (Å²) < 4.78 is 12.1. The lowest BCUT2D eigenvalue weighted by molar-refractivity contribution is -0.118. The van der Waals surface area contributed by atoms with E-state index in [1.807, 2.05) is 35.2 Å². The Labute approximate surface area is 231 Å². The molecule has 3 aromatic rings. The highest BCUT2D eigenvalue weighted by molar-refractivity contribution is 6.30. The quantitative estimate of drug-likeness (QED) is 0.279. The second-order valence-corrected chi connectivity index (χ2v) is 11.6. The Morgan fingerprint density at radius 2 is 1.68 bits per heavy atom. The van der Waals surface area contributed by atoms with Crippen molar-refractivity contribution in [1.82, 2.24) is 0 Å². The molecule has 200 valence electrons. The lowest BCUT2D eigenvalue weighted by Crippen LogP contribution is -2.41. The Morgan fingerprint density at radius 1 is 0.974 bits per heavy atom. The van der Waals surface area contributed by atoms with Crippen LogP contribution in [0, 0.1) is 11.8 Å². The van der Waals surface area contributed by atoms with Gasteiger partial charge in [-0.15, -0.1) is 0 Å². The van der Waals surface area contributed by atoms with Gasteiger partial charge in [-0.05, 0) is 96.2 Å². The van der Waals surface area contributed by atoms with E-state index in [0.29, 0.717) is 35.6 Å². The van der Waals surface area contributed by atoms with Crippen molar-refractivity contribution < 1.29 is 14.3 Å². The molecule has 1 saturated carbocycles. The number of anilines is 1. The number of hydrogen-bond donors (Lipinski definition) is 0. The molecular weight excluding hydrogens is 494 g/mol. The van der Waals surface area contributed by atoms with Crippen LogP contribution in [0.3, 0.4) is 0 Å². The topological polar surface area (TPSA) is 38.8 Å². The Balaban J connectivity index is 1.54. The number of methoxy groups -OCH3 is 1. The number of carbonyl (C=O) groups is 1. The SMILES string of the molecule is COc1cc2c(cc1OCC1CCCC1)C(c1ccc(Cl)cc1)N(c1ccc(CCC(C)C)cc1)C(=O)C2. The number of benzene rings is 3. The summed E-state index contributed by atoms with van der Waals surface area (Å²) in [5.41, 5.74) is 5.25. The molecule has 1 unspecified atom stereocenters. The van der Waals surface area contributed by atoms with Crippen molar-refractivity contribution in [2.24, 2.45) is 11.8 Å². The van der Waals surface area contributed by atoms with Gasteiger partial charge in [0.05, 0.1) is 26.2 Å². The van der Waals surface area contributed by atoms with Gasteiger partial charge in [-0.2, -0.15) is 0 Å². The average Bonchev–Trinajstić information content (AvgIpc) is 3.44. The summed E-state index contributed by atoms with van der Waals surface area (Å²) >= 11 is 6.25. The van der Waals surface area contributed by atoms with Crippen molar-refractivity contribution in [1.29, 1.82) is 0 Å². The zero-order chi connectivity index (χ0) is 26.6. The zero-order valence-corrected chi connectivity index (χ0v) is 23.5. The van der Waals surface area contributed by atoms with E-state index in [9.17, 15) is 4.79 Å². The van der Waals surface area contributed by atoms with E-state index in [0.717, 1.165) is 41.0 Å². The molecule has 1 aliphatic heterocycles. The second kappa shape index (κ2) is 11.8. The predicted molar refractivity (Wildman–Crippen MR) is 155 cm³/mol. The van der Waals surface area contributed by atoms with Gasteiger partial charge in [-0.1, -0.05) is 62.6 Å². The summed E-state index contributed by atoms with van der Waals surface area (Å²) in [5.74, 6) is 2.75. The maximum atomic E-state index is 13.7. The summed E-state index contributed by atoms with van der Waals surface area (Å²) in [5, 5.41) is 0.674. The van der Waals surface area contributed by atoms with Crippen molar-refractivity contribution in [3.8, 4) is 11.5 Å². The molecule has 0 spiro atoms. The molecule has 0 radical (unpaired) electrons. The minimum atomic E-state index is -0.287. The van der Waals surface area contributed by atoms with Gasteiger partial charge in [0, 0.05) is 10.7 Å². The molecule has 1 fully saturated rings. The average molecular weight is 532 g/mol. The number of halogens is 1. The largest absolute Gasteiger partial charge is 0.493 e. The normalized spacial score (nSPS) is 17.7. The Morgan fingerprint density at radius 3 is 2.34 bits per heavy atom. The molecule has 2 aliphatic rings. The first-order valence-electron chi connectivity index (χ1n) is 13.9. The van der Waals surface area contributed by atoms with Gasteiger partial charge in [0.15, 0.2) is 11.5 Å². The summed E-state index contributed by atoms with van der Waals surface area (Å²) in [6, 6.07) is 20.1. The highest BCUT2D eigenvalue weighted by Gasteiger charge is 2.36. The van der Waals surface area contributed by atoms with E-state index in [2.05, 4.69) is 44.2 Å². The van der Waals surface area contributed by atoms with E-state index < -0.39 is 0 Å². The van der Waals surface area contributed by atoms with Crippen molar-refractivity contribution in [3.63, 3.8) is 0 Å². The molecule has 5 heteroatoms. The molecule has 38 heavy (non-hydrogen) atoms. The Kier molecular flexibility index (Phi) is 8.28. The molecule has 0 bridgehead atoms. The Hall–Kier alpha value is -2.98. The second-order valence-electron chi connectivity index (χ2n) is 11.2. The van der Waals surface area contributed by atoms with E-state index in [1.165, 1.54) is 31.2 Å². The number of rotatable bonds is 9. The summed E-state index contributed by atoms with van der Waals surface area (Å²) in [6.45, 7) is 5.19. The number of ether oxygens (including phenoxy) is 2. The molecular formula is C33H38ClNO3. The summed E-state index contributed by atoms with van der Waals surface area (Å²) in [4.78, 5) is 15.7. The standard InChI is InChI=1S/C33H38ClNO3/c1-22(2)8-9-23-10-16-28(17-11-23)35-32(36)19-26-18-30(37-3)31(38-21-24-6-4-5-7-24)20-29(26)33(35)25-12-14-27(34)15-13-25/h10-18,20,22,24,33H,4-9,19,21H2,1-3H3. The third-order valence-electron chi connectivity index (χ3n) is 7.95. The van der Waals surface area contributed by atoms with Crippen LogP contribution in [0.25, 0.3) is 0 Å². The third kappa shape index (κ3) is 5.86. The minimum Gasteiger partial charge on any atom is -0.493 e. The van der Waals surface area contributed by atoms with Gasteiger partial charge in [-0.25, -0.2) is 0 Å². The number of hydrogen-bond acceptors (Lipinski definition) is 3. The Bertz CT molecular complexity index is 1250. The molecule has 1 atom stereocenters.